The van der Waals surface area contributed by atoms with E-state index in [9.17, 15) is 4.79 Å². The molecule has 0 saturated carbocycles. The maximum absolute atomic E-state index is 13.6. The molecule has 2 aromatic carbocycles. The van der Waals surface area contributed by atoms with Gasteiger partial charge in [0.2, 0.25) is 5.88 Å². The summed E-state index contributed by atoms with van der Waals surface area (Å²) in [6.45, 7) is 8.80. The van der Waals surface area contributed by atoms with Gasteiger partial charge in [-0.3, -0.25) is 4.79 Å². The van der Waals surface area contributed by atoms with Gasteiger partial charge in [-0.1, -0.05) is 60.9 Å². The van der Waals surface area contributed by atoms with E-state index in [4.69, 9.17) is 16.1 Å². The molecule has 1 amide bonds. The minimum Gasteiger partial charge on any atom is -0.340 e. The van der Waals surface area contributed by atoms with E-state index in [1.807, 2.05) is 35.2 Å². The Morgan fingerprint density at radius 3 is 2.45 bits per heavy atom. The Balaban J connectivity index is 1.73. The zero-order chi connectivity index (χ0) is 23.4. The predicted octanol–water partition coefficient (Wildman–Crippen LogP) is 6.67. The number of carbonyl (C=O) groups is 1. The molecule has 1 aromatic heterocycles. The van der Waals surface area contributed by atoms with Crippen molar-refractivity contribution in [3.63, 3.8) is 0 Å². The van der Waals surface area contributed by atoms with Gasteiger partial charge in [-0.15, -0.1) is 0 Å². The molecule has 2 heterocycles. The van der Waals surface area contributed by atoms with Crippen LogP contribution in [0.15, 0.2) is 59.1 Å². The second-order valence-corrected chi connectivity index (χ2v) is 9.48. The highest BCUT2D eigenvalue weighted by atomic mass is 35.5. The van der Waals surface area contributed by atoms with E-state index in [1.165, 1.54) is 0 Å². The average Bonchev–Trinajstić information content (AvgIpc) is 3.26. The largest absolute Gasteiger partial charge is 0.340 e. The van der Waals surface area contributed by atoms with Crippen LogP contribution in [0, 0.1) is 5.92 Å². The summed E-state index contributed by atoms with van der Waals surface area (Å²) in [6, 6.07) is 17.2. The molecule has 1 aliphatic heterocycles. The third kappa shape index (κ3) is 5.25. The average molecular weight is 466 g/mol. The molecule has 3 aromatic rings. The van der Waals surface area contributed by atoms with Crippen molar-refractivity contribution >= 4 is 23.4 Å². The van der Waals surface area contributed by atoms with Crippen LogP contribution >= 0.6 is 11.6 Å². The third-order valence-corrected chi connectivity index (χ3v) is 6.94. The first-order valence-electron chi connectivity index (χ1n) is 11.8. The summed E-state index contributed by atoms with van der Waals surface area (Å²) in [7, 11) is 0. The van der Waals surface area contributed by atoms with Crippen LogP contribution in [-0.4, -0.2) is 35.1 Å². The Labute approximate surface area is 201 Å². The standard InChI is InChI=1S/C27H32ClN3O2/c1-4-20(3)31(26(32)22-10-12-23(28)13-11-22)18-24-25(21-8-6-5-7-9-21)29-33-27(24)30-16-14-19(2)15-17-30/h5-13,19-20H,4,14-18H2,1-3H3/t20-/m1/s1. The minimum absolute atomic E-state index is 0.0144. The lowest BCUT2D eigenvalue weighted by Gasteiger charge is -2.32. The number of rotatable bonds is 7. The highest BCUT2D eigenvalue weighted by molar-refractivity contribution is 6.30. The van der Waals surface area contributed by atoms with E-state index >= 15 is 0 Å². The topological polar surface area (TPSA) is 49.6 Å². The summed E-state index contributed by atoms with van der Waals surface area (Å²) in [5.41, 5.74) is 3.40. The Kier molecular flexibility index (Phi) is 7.39. The minimum atomic E-state index is -0.0144. The van der Waals surface area contributed by atoms with E-state index < -0.39 is 0 Å². The van der Waals surface area contributed by atoms with Crippen LogP contribution in [0.3, 0.4) is 0 Å². The van der Waals surface area contributed by atoms with Crippen molar-refractivity contribution in [1.29, 1.82) is 0 Å². The molecular formula is C27H32ClN3O2. The zero-order valence-electron chi connectivity index (χ0n) is 19.6. The highest BCUT2D eigenvalue weighted by Gasteiger charge is 2.30. The third-order valence-electron chi connectivity index (χ3n) is 6.69. The molecule has 0 radical (unpaired) electrons. The van der Waals surface area contributed by atoms with Gasteiger partial charge in [0.15, 0.2) is 0 Å². The first-order valence-corrected chi connectivity index (χ1v) is 12.2. The lowest BCUT2D eigenvalue weighted by Crippen LogP contribution is -2.39. The second-order valence-electron chi connectivity index (χ2n) is 9.05. The van der Waals surface area contributed by atoms with Gasteiger partial charge in [0.1, 0.15) is 5.69 Å². The zero-order valence-corrected chi connectivity index (χ0v) is 20.4. The molecule has 4 rings (SSSR count). The molecule has 0 aliphatic carbocycles. The molecule has 5 nitrogen and oxygen atoms in total. The van der Waals surface area contributed by atoms with E-state index in [-0.39, 0.29) is 11.9 Å². The molecule has 1 saturated heterocycles. The quantitative estimate of drug-likeness (QED) is 0.391. The number of amides is 1. The Bertz CT molecular complexity index is 1060. The fourth-order valence-corrected chi connectivity index (χ4v) is 4.43. The number of benzene rings is 2. The first-order chi connectivity index (χ1) is 16.0. The fourth-order valence-electron chi connectivity index (χ4n) is 4.30. The van der Waals surface area contributed by atoms with Crippen LogP contribution in [0.2, 0.25) is 5.02 Å². The SMILES string of the molecule is CC[C@@H](C)N(Cc1c(-c2ccccc2)noc1N1CCC(C)CC1)C(=O)c1ccc(Cl)cc1. The lowest BCUT2D eigenvalue weighted by molar-refractivity contribution is 0.0672. The van der Waals surface area contributed by atoms with Crippen molar-refractivity contribution in [3.8, 4) is 11.3 Å². The number of anilines is 1. The van der Waals surface area contributed by atoms with Gasteiger partial charge in [-0.05, 0) is 56.4 Å². The summed E-state index contributed by atoms with van der Waals surface area (Å²) in [4.78, 5) is 17.8. The maximum Gasteiger partial charge on any atom is 0.254 e. The molecule has 33 heavy (non-hydrogen) atoms. The molecule has 174 valence electrons. The summed E-state index contributed by atoms with van der Waals surface area (Å²) in [5.74, 6) is 1.49. The summed E-state index contributed by atoms with van der Waals surface area (Å²) in [6.07, 6.45) is 3.10. The van der Waals surface area contributed by atoms with Crippen molar-refractivity contribution in [1.82, 2.24) is 10.1 Å². The van der Waals surface area contributed by atoms with Gasteiger partial charge in [-0.2, -0.15) is 0 Å². The monoisotopic (exact) mass is 465 g/mol. The van der Waals surface area contributed by atoms with Gasteiger partial charge < -0.3 is 14.3 Å². The Morgan fingerprint density at radius 1 is 1.15 bits per heavy atom. The molecule has 0 unspecified atom stereocenters. The van der Waals surface area contributed by atoms with Gasteiger partial charge >= 0.3 is 0 Å². The molecular weight excluding hydrogens is 434 g/mol. The lowest BCUT2D eigenvalue weighted by atomic mass is 9.98. The molecule has 1 aliphatic rings. The second kappa shape index (κ2) is 10.4. The van der Waals surface area contributed by atoms with E-state index in [1.54, 1.807) is 24.3 Å². The van der Waals surface area contributed by atoms with E-state index in [0.717, 1.165) is 55.1 Å². The van der Waals surface area contributed by atoms with Gasteiger partial charge in [0.05, 0.1) is 12.1 Å². The van der Waals surface area contributed by atoms with Gasteiger partial charge in [0.25, 0.3) is 5.91 Å². The molecule has 6 heteroatoms. The highest BCUT2D eigenvalue weighted by Crippen LogP contribution is 2.35. The molecule has 0 N–H and O–H groups in total. The number of nitrogens with zero attached hydrogens (tertiary/aromatic N) is 3. The number of halogens is 1. The van der Waals surface area contributed by atoms with Crippen molar-refractivity contribution in [2.45, 2.75) is 52.6 Å². The van der Waals surface area contributed by atoms with Gasteiger partial charge in [0, 0.05) is 35.3 Å². The van der Waals surface area contributed by atoms with Crippen LogP contribution in [0.25, 0.3) is 11.3 Å². The Hall–Kier alpha value is -2.79. The van der Waals surface area contributed by atoms with Crippen LogP contribution < -0.4 is 4.90 Å². The number of carbonyl (C=O) groups excluding carboxylic acids is 1. The van der Waals surface area contributed by atoms with E-state index in [2.05, 4.69) is 30.8 Å². The summed E-state index contributed by atoms with van der Waals surface area (Å²) in [5, 5.41) is 5.11. The van der Waals surface area contributed by atoms with Crippen molar-refractivity contribution < 1.29 is 9.32 Å². The number of hydrogen-bond donors (Lipinski definition) is 0. The molecule has 1 fully saturated rings. The van der Waals surface area contributed by atoms with Crippen molar-refractivity contribution in [2.75, 3.05) is 18.0 Å². The molecule has 0 spiro atoms. The number of hydrogen-bond acceptors (Lipinski definition) is 4. The first kappa shape index (κ1) is 23.4. The summed E-state index contributed by atoms with van der Waals surface area (Å²) < 4.78 is 5.96. The van der Waals surface area contributed by atoms with Crippen molar-refractivity contribution in [2.24, 2.45) is 5.92 Å². The van der Waals surface area contributed by atoms with Crippen LogP contribution in [-0.2, 0) is 6.54 Å². The van der Waals surface area contributed by atoms with E-state index in [0.29, 0.717) is 23.0 Å². The number of piperidine rings is 1. The molecule has 1 atom stereocenters. The number of aromatic nitrogens is 1. The normalized spacial score (nSPS) is 15.5. The Morgan fingerprint density at radius 2 is 1.82 bits per heavy atom. The molecule has 0 bridgehead atoms. The van der Waals surface area contributed by atoms with Crippen LogP contribution in [0.1, 0.15) is 56.0 Å². The van der Waals surface area contributed by atoms with Crippen LogP contribution in [0.5, 0.6) is 0 Å². The van der Waals surface area contributed by atoms with Crippen LogP contribution in [0.4, 0.5) is 5.88 Å². The van der Waals surface area contributed by atoms with Crippen molar-refractivity contribution in [3.05, 3.63) is 70.7 Å². The predicted molar refractivity (Wildman–Crippen MR) is 134 cm³/mol. The maximum atomic E-state index is 13.6. The summed E-state index contributed by atoms with van der Waals surface area (Å²) >= 11 is 6.06. The fraction of sp³-hybridized carbons (Fsp3) is 0.407. The van der Waals surface area contributed by atoms with Gasteiger partial charge in [-0.25, -0.2) is 0 Å². The smallest absolute Gasteiger partial charge is 0.254 e.